The standard InChI is InChI=1S/C28H36N4O/c1-21(22-10-5-3-6-11-22)32(27(33)28(2)15-7-4-8-16-28)31-19-18-29-20-26(31)24-12-9-13-25-23(24)14-17-30-25/h3,5-6,9-14,17,21,26,29-30H,4,7-8,15-16,18-20H2,1-2H3/t21-,26?/m1/s1. The first-order valence-corrected chi connectivity index (χ1v) is 12.5. The molecule has 2 N–H and O–H groups in total. The fraction of sp³-hybridized carbons (Fsp3) is 0.464. The van der Waals surface area contributed by atoms with E-state index in [0.29, 0.717) is 0 Å². The minimum Gasteiger partial charge on any atom is -0.361 e. The van der Waals surface area contributed by atoms with Crippen LogP contribution in [0, 0.1) is 5.41 Å². The zero-order valence-corrected chi connectivity index (χ0v) is 19.9. The van der Waals surface area contributed by atoms with Crippen LogP contribution in [-0.2, 0) is 4.79 Å². The Kier molecular flexibility index (Phi) is 6.26. The van der Waals surface area contributed by atoms with Gasteiger partial charge in [-0.2, -0.15) is 0 Å². The molecule has 3 aromatic rings. The average Bonchev–Trinajstić information content (AvgIpc) is 3.35. The molecule has 0 radical (unpaired) electrons. The summed E-state index contributed by atoms with van der Waals surface area (Å²) in [6.07, 6.45) is 7.49. The van der Waals surface area contributed by atoms with Gasteiger partial charge in [-0.25, -0.2) is 5.01 Å². The molecule has 0 bridgehead atoms. The van der Waals surface area contributed by atoms with Gasteiger partial charge in [0, 0.05) is 42.1 Å². The lowest BCUT2D eigenvalue weighted by molar-refractivity contribution is -0.176. The van der Waals surface area contributed by atoms with Crippen LogP contribution in [0.1, 0.15) is 69.2 Å². The zero-order valence-electron chi connectivity index (χ0n) is 19.9. The molecular formula is C28H36N4O. The van der Waals surface area contributed by atoms with E-state index in [-0.39, 0.29) is 23.4 Å². The topological polar surface area (TPSA) is 51.4 Å². The summed E-state index contributed by atoms with van der Waals surface area (Å²) in [6.45, 7) is 6.90. The Morgan fingerprint density at radius 2 is 1.85 bits per heavy atom. The van der Waals surface area contributed by atoms with E-state index in [1.807, 2.05) is 12.3 Å². The number of H-pyrrole nitrogens is 1. The first-order valence-electron chi connectivity index (χ1n) is 12.5. The van der Waals surface area contributed by atoms with Crippen LogP contribution in [0.3, 0.4) is 0 Å². The monoisotopic (exact) mass is 444 g/mol. The number of nitrogens with one attached hydrogen (secondary N) is 2. The van der Waals surface area contributed by atoms with Crippen LogP contribution in [-0.4, -0.2) is 40.5 Å². The van der Waals surface area contributed by atoms with Gasteiger partial charge in [0.05, 0.1) is 12.1 Å². The minimum atomic E-state index is -0.295. The molecule has 5 nitrogen and oxygen atoms in total. The molecule has 5 heteroatoms. The molecule has 2 heterocycles. The fourth-order valence-electron chi connectivity index (χ4n) is 5.83. The Balaban J connectivity index is 1.58. The third kappa shape index (κ3) is 4.20. The number of hydrogen-bond donors (Lipinski definition) is 2. The summed E-state index contributed by atoms with van der Waals surface area (Å²) in [6, 6.07) is 19.2. The smallest absolute Gasteiger partial charge is 0.243 e. The fourth-order valence-corrected chi connectivity index (χ4v) is 5.83. The molecule has 1 aromatic heterocycles. The van der Waals surface area contributed by atoms with E-state index in [1.54, 1.807) is 0 Å². The molecule has 1 aliphatic carbocycles. The number of benzene rings is 2. The van der Waals surface area contributed by atoms with Gasteiger partial charge in [-0.15, -0.1) is 0 Å². The molecule has 5 rings (SSSR count). The summed E-state index contributed by atoms with van der Waals surface area (Å²) in [5, 5.41) is 9.34. The number of piperazine rings is 1. The van der Waals surface area contributed by atoms with Gasteiger partial charge in [0.2, 0.25) is 5.91 Å². The van der Waals surface area contributed by atoms with Gasteiger partial charge in [-0.05, 0) is 43.0 Å². The molecule has 2 aromatic carbocycles. The Morgan fingerprint density at radius 3 is 2.64 bits per heavy atom. The molecule has 1 unspecified atom stereocenters. The summed E-state index contributed by atoms with van der Waals surface area (Å²) in [7, 11) is 0. The second-order valence-electron chi connectivity index (χ2n) is 10.0. The van der Waals surface area contributed by atoms with Crippen molar-refractivity contribution in [3.05, 3.63) is 71.9 Å². The lowest BCUT2D eigenvalue weighted by Crippen LogP contribution is -2.59. The van der Waals surface area contributed by atoms with E-state index in [2.05, 4.69) is 82.7 Å². The predicted octanol–water partition coefficient (Wildman–Crippen LogP) is 5.59. The first-order chi connectivity index (χ1) is 16.1. The minimum absolute atomic E-state index is 0.0246. The highest BCUT2D eigenvalue weighted by molar-refractivity contribution is 5.84. The van der Waals surface area contributed by atoms with Crippen molar-refractivity contribution < 1.29 is 4.79 Å². The quantitative estimate of drug-likeness (QED) is 0.539. The Labute approximate surface area is 197 Å². The van der Waals surface area contributed by atoms with Crippen molar-refractivity contribution in [1.29, 1.82) is 0 Å². The van der Waals surface area contributed by atoms with Gasteiger partial charge in [-0.1, -0.05) is 68.7 Å². The van der Waals surface area contributed by atoms with E-state index in [0.717, 1.165) is 50.8 Å². The van der Waals surface area contributed by atoms with Crippen molar-refractivity contribution in [1.82, 2.24) is 20.3 Å². The van der Waals surface area contributed by atoms with Crippen LogP contribution in [0.4, 0.5) is 0 Å². The van der Waals surface area contributed by atoms with E-state index in [1.165, 1.54) is 22.9 Å². The lowest BCUT2D eigenvalue weighted by atomic mass is 9.74. The average molecular weight is 445 g/mol. The third-order valence-corrected chi connectivity index (χ3v) is 7.81. The second-order valence-corrected chi connectivity index (χ2v) is 10.0. The number of hydrogen-bond acceptors (Lipinski definition) is 3. The number of fused-ring (bicyclic) bond motifs is 1. The van der Waals surface area contributed by atoms with Crippen LogP contribution in [0.2, 0.25) is 0 Å². The SMILES string of the molecule is C[C@H](c1ccccc1)N(C(=O)C1(C)CCCCC1)N1CCNCC1c1cccc2[nH]ccc12. The van der Waals surface area contributed by atoms with E-state index in [4.69, 9.17) is 0 Å². The molecular weight excluding hydrogens is 408 g/mol. The number of nitrogens with zero attached hydrogens (tertiary/aromatic N) is 2. The number of carbonyl (C=O) groups excluding carboxylic acids is 1. The normalized spacial score (nSPS) is 22.2. The Morgan fingerprint density at radius 1 is 1.06 bits per heavy atom. The van der Waals surface area contributed by atoms with Crippen molar-refractivity contribution in [2.24, 2.45) is 5.41 Å². The number of hydrazine groups is 1. The van der Waals surface area contributed by atoms with Crippen LogP contribution < -0.4 is 5.32 Å². The van der Waals surface area contributed by atoms with Crippen LogP contribution in [0.25, 0.3) is 10.9 Å². The maximum absolute atomic E-state index is 14.4. The van der Waals surface area contributed by atoms with Crippen molar-refractivity contribution in [2.75, 3.05) is 19.6 Å². The van der Waals surface area contributed by atoms with Gasteiger partial charge in [-0.3, -0.25) is 9.80 Å². The third-order valence-electron chi connectivity index (χ3n) is 7.81. The maximum Gasteiger partial charge on any atom is 0.243 e. The predicted molar refractivity (Wildman–Crippen MR) is 134 cm³/mol. The summed E-state index contributed by atoms with van der Waals surface area (Å²) in [5.74, 6) is 0.284. The highest BCUT2D eigenvalue weighted by Gasteiger charge is 2.44. The largest absolute Gasteiger partial charge is 0.361 e. The van der Waals surface area contributed by atoms with Gasteiger partial charge in [0.15, 0.2) is 0 Å². The van der Waals surface area contributed by atoms with Crippen molar-refractivity contribution in [3.8, 4) is 0 Å². The van der Waals surface area contributed by atoms with Crippen LogP contribution in [0.5, 0.6) is 0 Å². The molecule has 174 valence electrons. The highest BCUT2D eigenvalue weighted by Crippen LogP contribution is 2.42. The number of aromatic amines is 1. The lowest BCUT2D eigenvalue weighted by Gasteiger charge is -2.49. The van der Waals surface area contributed by atoms with Crippen LogP contribution >= 0.6 is 0 Å². The number of rotatable bonds is 5. The second kappa shape index (κ2) is 9.32. The molecule has 2 aliphatic rings. The van der Waals surface area contributed by atoms with Gasteiger partial charge in [0.25, 0.3) is 0 Å². The van der Waals surface area contributed by atoms with Crippen molar-refractivity contribution in [2.45, 2.75) is 58.0 Å². The summed E-state index contributed by atoms with van der Waals surface area (Å²) < 4.78 is 0. The van der Waals surface area contributed by atoms with Crippen molar-refractivity contribution >= 4 is 16.8 Å². The van der Waals surface area contributed by atoms with Gasteiger partial charge in [0.1, 0.15) is 0 Å². The summed E-state index contributed by atoms with van der Waals surface area (Å²) in [4.78, 5) is 17.7. The summed E-state index contributed by atoms with van der Waals surface area (Å²) >= 11 is 0. The molecule has 2 fully saturated rings. The zero-order chi connectivity index (χ0) is 22.8. The molecule has 1 saturated heterocycles. The Bertz CT molecular complexity index is 1090. The molecule has 1 aliphatic heterocycles. The van der Waals surface area contributed by atoms with Crippen molar-refractivity contribution in [3.63, 3.8) is 0 Å². The molecule has 0 spiro atoms. The highest BCUT2D eigenvalue weighted by atomic mass is 16.2. The number of amides is 1. The van der Waals surface area contributed by atoms with Gasteiger partial charge >= 0.3 is 0 Å². The summed E-state index contributed by atoms with van der Waals surface area (Å²) in [5.41, 5.74) is 3.30. The van der Waals surface area contributed by atoms with E-state index >= 15 is 0 Å². The number of carbonyl (C=O) groups is 1. The van der Waals surface area contributed by atoms with Crippen LogP contribution in [0.15, 0.2) is 60.8 Å². The maximum atomic E-state index is 14.4. The Hall–Kier alpha value is -2.63. The molecule has 2 atom stereocenters. The molecule has 33 heavy (non-hydrogen) atoms. The number of aromatic nitrogens is 1. The first kappa shape index (κ1) is 22.2. The van der Waals surface area contributed by atoms with E-state index in [9.17, 15) is 4.79 Å². The molecule has 1 amide bonds. The van der Waals surface area contributed by atoms with E-state index < -0.39 is 0 Å². The van der Waals surface area contributed by atoms with Gasteiger partial charge < -0.3 is 10.3 Å². The molecule has 1 saturated carbocycles.